The Kier molecular flexibility index (Phi) is 14.7. The van der Waals surface area contributed by atoms with E-state index < -0.39 is 18.2 Å². The van der Waals surface area contributed by atoms with Gasteiger partial charge in [-0.15, -0.1) is 0 Å². The van der Waals surface area contributed by atoms with Crippen LogP contribution in [0.15, 0.2) is 5.11 Å². The van der Waals surface area contributed by atoms with Gasteiger partial charge < -0.3 is 20.1 Å². The first-order valence-electron chi connectivity index (χ1n) is 14.6. The molecule has 3 aliphatic rings. The number of aliphatic hydroxyl groups excluding tert-OH is 3. The average Bonchev–Trinajstić information content (AvgIpc) is 3.68. The molecule has 2 saturated carbocycles. The first-order valence-corrected chi connectivity index (χ1v) is 14.6. The summed E-state index contributed by atoms with van der Waals surface area (Å²) in [6.07, 6.45) is 12.0. The number of Topliss-reactive ketones (excluding diaryl/α,β-unsaturated/α-hetero) is 2. The van der Waals surface area contributed by atoms with Crippen molar-refractivity contribution in [3.8, 4) is 0 Å². The van der Waals surface area contributed by atoms with E-state index in [0.717, 1.165) is 83.5 Å². The largest absolute Gasteiger partial charge is 0.393 e. The SMILES string of the molecule is CCCC[C@H](N=[N+]=[N-])[C@H](O)C(=O)C[C@H]1CCCC[C@@H]1O.CCCC[C@H]1O[C@@H]1C(=O)C[C@H]1CCCC[C@@H]1O. The molecule has 3 rings (SSSR count). The number of azide groups is 1. The number of aliphatic hydroxyl groups is 3. The third kappa shape index (κ3) is 11.0. The summed E-state index contributed by atoms with van der Waals surface area (Å²) in [5, 5.41) is 33.3. The van der Waals surface area contributed by atoms with E-state index in [4.69, 9.17) is 10.3 Å². The lowest BCUT2D eigenvalue weighted by molar-refractivity contribution is -0.130. The van der Waals surface area contributed by atoms with Gasteiger partial charge in [0.1, 0.15) is 12.2 Å². The van der Waals surface area contributed by atoms with Crippen LogP contribution < -0.4 is 0 Å². The summed E-state index contributed by atoms with van der Waals surface area (Å²) in [7, 11) is 0. The third-order valence-corrected chi connectivity index (χ3v) is 8.15. The van der Waals surface area contributed by atoms with Crippen LogP contribution in [0.1, 0.15) is 117 Å². The fourth-order valence-corrected chi connectivity index (χ4v) is 5.63. The Labute approximate surface area is 222 Å². The second kappa shape index (κ2) is 17.2. The van der Waals surface area contributed by atoms with Crippen LogP contribution in [0, 0.1) is 11.8 Å². The maximum atomic E-state index is 12.1. The highest BCUT2D eigenvalue weighted by Gasteiger charge is 2.44. The zero-order chi connectivity index (χ0) is 27.2. The highest BCUT2D eigenvalue weighted by atomic mass is 16.6. The summed E-state index contributed by atoms with van der Waals surface area (Å²) in [6.45, 7) is 4.15. The van der Waals surface area contributed by atoms with Gasteiger partial charge in [0.25, 0.3) is 0 Å². The van der Waals surface area contributed by atoms with Gasteiger partial charge in [-0.3, -0.25) is 9.59 Å². The van der Waals surface area contributed by atoms with Crippen molar-refractivity contribution in [2.45, 2.75) is 153 Å². The molecule has 9 heteroatoms. The predicted molar refractivity (Wildman–Crippen MR) is 142 cm³/mol. The van der Waals surface area contributed by atoms with Gasteiger partial charge in [-0.25, -0.2) is 0 Å². The summed E-state index contributed by atoms with van der Waals surface area (Å²) in [4.78, 5) is 26.8. The van der Waals surface area contributed by atoms with Gasteiger partial charge in [-0.2, -0.15) is 0 Å². The normalized spacial score (nSPS) is 30.7. The van der Waals surface area contributed by atoms with Crippen LogP contribution >= 0.6 is 0 Å². The van der Waals surface area contributed by atoms with Gasteiger partial charge in [0.05, 0.1) is 24.4 Å². The lowest BCUT2D eigenvalue weighted by Gasteiger charge is -2.28. The van der Waals surface area contributed by atoms with E-state index in [2.05, 4.69) is 16.9 Å². The second-order valence-electron chi connectivity index (χ2n) is 11.2. The minimum Gasteiger partial charge on any atom is -0.393 e. The molecule has 2 aliphatic carbocycles. The molecule has 8 atom stereocenters. The lowest BCUT2D eigenvalue weighted by Crippen LogP contribution is -2.36. The Bertz CT molecular complexity index is 743. The Balaban J connectivity index is 0.000000263. The van der Waals surface area contributed by atoms with Crippen molar-refractivity contribution in [3.05, 3.63) is 10.4 Å². The van der Waals surface area contributed by atoms with Crippen molar-refractivity contribution < 1.29 is 29.6 Å². The summed E-state index contributed by atoms with van der Waals surface area (Å²) >= 11 is 0. The Hall–Kier alpha value is -1.51. The number of ether oxygens (including phenoxy) is 1. The van der Waals surface area contributed by atoms with Crippen molar-refractivity contribution in [1.29, 1.82) is 0 Å². The Morgan fingerprint density at radius 1 is 0.946 bits per heavy atom. The predicted octanol–water partition coefficient (Wildman–Crippen LogP) is 5.18. The number of hydrogen-bond donors (Lipinski definition) is 3. The molecule has 212 valence electrons. The molecule has 0 amide bonds. The van der Waals surface area contributed by atoms with Crippen LogP contribution in [0.25, 0.3) is 10.4 Å². The van der Waals surface area contributed by atoms with Crippen molar-refractivity contribution in [2.75, 3.05) is 0 Å². The van der Waals surface area contributed by atoms with Gasteiger partial charge in [-0.05, 0) is 55.9 Å². The topological polar surface area (TPSA) is 156 Å². The molecule has 0 radical (unpaired) electrons. The van der Waals surface area contributed by atoms with Crippen molar-refractivity contribution >= 4 is 11.6 Å². The monoisotopic (exact) mass is 523 g/mol. The molecule has 0 spiro atoms. The minimum atomic E-state index is -1.24. The molecule has 1 saturated heterocycles. The molecular weight excluding hydrogens is 474 g/mol. The number of hydrogen-bond acceptors (Lipinski definition) is 7. The van der Waals surface area contributed by atoms with E-state index in [1.807, 2.05) is 6.92 Å². The van der Waals surface area contributed by atoms with Gasteiger partial charge >= 0.3 is 0 Å². The zero-order valence-corrected chi connectivity index (χ0v) is 22.8. The van der Waals surface area contributed by atoms with Crippen molar-refractivity contribution in [3.63, 3.8) is 0 Å². The molecule has 0 aromatic carbocycles. The summed E-state index contributed by atoms with van der Waals surface area (Å²) in [5.74, 6) is 0.0255. The van der Waals surface area contributed by atoms with Gasteiger partial charge in [0.15, 0.2) is 11.6 Å². The number of ketones is 2. The van der Waals surface area contributed by atoms with Crippen LogP contribution in [0.4, 0.5) is 0 Å². The number of rotatable bonds is 14. The van der Waals surface area contributed by atoms with Gasteiger partial charge in [0.2, 0.25) is 0 Å². The van der Waals surface area contributed by atoms with Crippen LogP contribution in [0.2, 0.25) is 0 Å². The van der Waals surface area contributed by atoms with E-state index in [1.54, 1.807) is 0 Å². The summed E-state index contributed by atoms with van der Waals surface area (Å²) < 4.78 is 5.43. The number of carbonyl (C=O) groups is 2. The summed E-state index contributed by atoms with van der Waals surface area (Å²) in [6, 6.07) is -0.687. The standard InChI is InChI=1S/C14H25N3O3.C14H24O3/c1-2-3-7-11(16-17-15)14(20)13(19)9-10-6-4-5-8-12(10)18;1-2-3-8-13-14(17-13)12(16)9-10-6-4-5-7-11(10)15/h10-12,14,18,20H,2-9H2,1H3;10-11,13-15H,2-9H2,1H3/t10-,11+,12+,14+;10-,11+,13-,14-/m11/s1. The highest BCUT2D eigenvalue weighted by molar-refractivity contribution is 5.86. The molecule has 0 aromatic heterocycles. The first-order chi connectivity index (χ1) is 17.8. The molecule has 0 bridgehead atoms. The molecule has 9 nitrogen and oxygen atoms in total. The third-order valence-electron chi connectivity index (χ3n) is 8.15. The van der Waals surface area contributed by atoms with Crippen molar-refractivity contribution in [1.82, 2.24) is 0 Å². The first kappa shape index (κ1) is 31.7. The zero-order valence-electron chi connectivity index (χ0n) is 22.8. The maximum Gasteiger partial charge on any atom is 0.164 e. The Morgan fingerprint density at radius 2 is 1.51 bits per heavy atom. The van der Waals surface area contributed by atoms with Crippen LogP contribution in [0.3, 0.4) is 0 Å². The molecule has 1 aliphatic heterocycles. The number of carbonyl (C=O) groups excluding carboxylic acids is 2. The molecular formula is C28H49N3O6. The molecule has 1 heterocycles. The van der Waals surface area contributed by atoms with E-state index in [1.165, 1.54) is 0 Å². The van der Waals surface area contributed by atoms with Crippen molar-refractivity contribution in [2.24, 2.45) is 17.0 Å². The van der Waals surface area contributed by atoms with E-state index in [-0.39, 0.29) is 48.1 Å². The minimum absolute atomic E-state index is 0.0659. The van der Waals surface area contributed by atoms with Crippen LogP contribution in [0.5, 0.6) is 0 Å². The van der Waals surface area contributed by atoms with E-state index in [0.29, 0.717) is 12.8 Å². The number of nitrogens with zero attached hydrogens (tertiary/aromatic N) is 3. The maximum absolute atomic E-state index is 12.1. The lowest BCUT2D eigenvalue weighted by atomic mass is 9.82. The average molecular weight is 524 g/mol. The van der Waals surface area contributed by atoms with Gasteiger partial charge in [-0.1, -0.05) is 70.3 Å². The van der Waals surface area contributed by atoms with E-state index >= 15 is 0 Å². The van der Waals surface area contributed by atoms with Crippen LogP contribution in [-0.4, -0.2) is 63.4 Å². The molecule has 0 unspecified atom stereocenters. The van der Waals surface area contributed by atoms with E-state index in [9.17, 15) is 24.9 Å². The molecule has 37 heavy (non-hydrogen) atoms. The fourth-order valence-electron chi connectivity index (χ4n) is 5.63. The Morgan fingerprint density at radius 3 is 2.05 bits per heavy atom. The highest BCUT2D eigenvalue weighted by Crippen LogP contribution is 2.33. The molecule has 3 N–H and O–H groups in total. The smallest absolute Gasteiger partial charge is 0.164 e. The summed E-state index contributed by atoms with van der Waals surface area (Å²) in [5.41, 5.74) is 8.53. The fraction of sp³-hybridized carbons (Fsp3) is 0.929. The quantitative estimate of drug-likeness (QED) is 0.123. The number of epoxide rings is 1. The molecule has 3 fully saturated rings. The number of unbranched alkanes of at least 4 members (excludes halogenated alkanes) is 2. The van der Waals surface area contributed by atoms with Crippen LogP contribution in [-0.2, 0) is 14.3 Å². The second-order valence-corrected chi connectivity index (χ2v) is 11.2. The molecule has 0 aromatic rings. The van der Waals surface area contributed by atoms with Gasteiger partial charge in [0, 0.05) is 17.8 Å².